The first-order valence-corrected chi connectivity index (χ1v) is 11.6. The quantitative estimate of drug-likeness (QED) is 0.425. The Bertz CT molecular complexity index is 1250. The number of anilines is 1. The topological polar surface area (TPSA) is 138 Å². The van der Waals surface area contributed by atoms with Crippen LogP contribution in [0.3, 0.4) is 0 Å². The molecule has 3 aromatic rings. The number of methoxy groups -OCH3 is 1. The Morgan fingerprint density at radius 2 is 1.73 bits per heavy atom. The number of nitrogens with one attached hydrogen (secondary N) is 1. The number of nitrogens with zero attached hydrogens (tertiary/aromatic N) is 5. The summed E-state index contributed by atoms with van der Waals surface area (Å²) in [6.07, 6.45) is 5.50. The van der Waals surface area contributed by atoms with Crippen molar-refractivity contribution < 1.29 is 22.6 Å². The SMILES string of the molecule is COc1cnc(OCCOc2ncnc(NS(=O)(=O)N=C3CC3)c2-c2ccc(Cl)cc2)nc1. The molecular formula is C20H19ClN6O5S. The molecule has 2 aromatic heterocycles. The Balaban J connectivity index is 1.53. The third-order valence-electron chi connectivity index (χ3n) is 4.29. The summed E-state index contributed by atoms with van der Waals surface area (Å²) in [5.41, 5.74) is 1.56. The molecule has 1 aliphatic carbocycles. The number of hydrogen-bond acceptors (Lipinski definition) is 9. The van der Waals surface area contributed by atoms with E-state index in [1.807, 2.05) is 0 Å². The summed E-state index contributed by atoms with van der Waals surface area (Å²) < 4.78 is 47.2. The monoisotopic (exact) mass is 490 g/mol. The Morgan fingerprint density at radius 3 is 2.39 bits per heavy atom. The predicted molar refractivity (Wildman–Crippen MR) is 121 cm³/mol. The molecule has 1 saturated carbocycles. The van der Waals surface area contributed by atoms with Crippen molar-refractivity contribution in [3.63, 3.8) is 0 Å². The number of hydrogen-bond donors (Lipinski definition) is 1. The molecule has 0 unspecified atom stereocenters. The summed E-state index contributed by atoms with van der Waals surface area (Å²) in [6.45, 7) is 0.201. The van der Waals surface area contributed by atoms with Gasteiger partial charge in [0.1, 0.15) is 19.5 Å². The fourth-order valence-electron chi connectivity index (χ4n) is 2.65. The number of ether oxygens (including phenoxy) is 3. The van der Waals surface area contributed by atoms with E-state index in [0.717, 1.165) is 0 Å². The molecule has 13 heteroatoms. The zero-order chi connectivity index (χ0) is 23.3. The third kappa shape index (κ3) is 6.26. The van der Waals surface area contributed by atoms with E-state index < -0.39 is 10.2 Å². The lowest BCUT2D eigenvalue weighted by Crippen LogP contribution is -2.15. The molecule has 0 aliphatic heterocycles. The minimum atomic E-state index is -3.98. The van der Waals surface area contributed by atoms with Gasteiger partial charge in [-0.15, -0.1) is 0 Å². The molecule has 0 bridgehead atoms. The predicted octanol–water partition coefficient (Wildman–Crippen LogP) is 2.94. The Hall–Kier alpha value is -3.51. The van der Waals surface area contributed by atoms with E-state index in [0.29, 0.717) is 40.5 Å². The van der Waals surface area contributed by atoms with Gasteiger partial charge in [0.25, 0.3) is 0 Å². The minimum absolute atomic E-state index is 0.0340. The smallest absolute Gasteiger partial charge is 0.343 e. The Morgan fingerprint density at radius 1 is 1.03 bits per heavy atom. The van der Waals surface area contributed by atoms with Crippen LogP contribution in [0.2, 0.25) is 5.02 Å². The van der Waals surface area contributed by atoms with Crippen LogP contribution >= 0.6 is 11.6 Å². The fraction of sp³-hybridized carbons (Fsp3) is 0.250. The van der Waals surface area contributed by atoms with Crippen molar-refractivity contribution >= 4 is 33.3 Å². The van der Waals surface area contributed by atoms with Crippen molar-refractivity contribution in [2.45, 2.75) is 12.8 Å². The molecule has 4 rings (SSSR count). The molecule has 1 N–H and O–H groups in total. The summed E-state index contributed by atoms with van der Waals surface area (Å²) in [5.74, 6) is 0.698. The lowest BCUT2D eigenvalue weighted by atomic mass is 10.1. The van der Waals surface area contributed by atoms with Crippen molar-refractivity contribution in [3.05, 3.63) is 48.0 Å². The van der Waals surface area contributed by atoms with E-state index in [1.165, 1.54) is 25.8 Å². The van der Waals surface area contributed by atoms with Crippen LogP contribution in [-0.2, 0) is 10.2 Å². The van der Waals surface area contributed by atoms with Gasteiger partial charge in [-0.3, -0.25) is 0 Å². The van der Waals surface area contributed by atoms with Gasteiger partial charge in [0.05, 0.1) is 25.1 Å². The molecule has 0 atom stereocenters. The highest BCUT2D eigenvalue weighted by atomic mass is 35.5. The molecule has 0 saturated heterocycles. The zero-order valence-corrected chi connectivity index (χ0v) is 19.0. The van der Waals surface area contributed by atoms with Crippen molar-refractivity contribution in [2.24, 2.45) is 4.40 Å². The second kappa shape index (κ2) is 9.96. The molecule has 1 fully saturated rings. The number of halogens is 1. The normalized spacial score (nSPS) is 12.7. The average Bonchev–Trinajstić information content (AvgIpc) is 3.61. The molecule has 33 heavy (non-hydrogen) atoms. The second-order valence-electron chi connectivity index (χ2n) is 6.75. The van der Waals surface area contributed by atoms with E-state index in [1.54, 1.807) is 24.3 Å². The van der Waals surface area contributed by atoms with Gasteiger partial charge < -0.3 is 14.2 Å². The molecule has 1 aromatic carbocycles. The van der Waals surface area contributed by atoms with Crippen LogP contribution in [0.25, 0.3) is 11.1 Å². The second-order valence-corrected chi connectivity index (χ2v) is 8.52. The standard InChI is InChI=1S/C20H19ClN6O5S/c1-30-16-10-22-20(23-11-16)32-9-8-31-19-17(13-2-4-14(21)5-3-13)18(24-12-25-19)27-33(28,29)26-15-6-7-15/h2-5,10-12H,6-9H2,1H3,(H,24,25,27). The number of aromatic nitrogens is 4. The lowest BCUT2D eigenvalue weighted by Gasteiger charge is -2.14. The van der Waals surface area contributed by atoms with Gasteiger partial charge in [-0.05, 0) is 30.5 Å². The van der Waals surface area contributed by atoms with Crippen LogP contribution in [-0.4, -0.2) is 54.4 Å². The van der Waals surface area contributed by atoms with Crippen molar-refractivity contribution in [1.82, 2.24) is 19.9 Å². The van der Waals surface area contributed by atoms with Gasteiger partial charge in [-0.2, -0.15) is 22.8 Å². The summed E-state index contributed by atoms with van der Waals surface area (Å²) in [6, 6.07) is 6.91. The van der Waals surface area contributed by atoms with E-state index in [-0.39, 0.29) is 30.9 Å². The van der Waals surface area contributed by atoms with E-state index in [2.05, 4.69) is 29.1 Å². The molecule has 0 amide bonds. The van der Waals surface area contributed by atoms with Gasteiger partial charge in [-0.25, -0.2) is 14.7 Å². The van der Waals surface area contributed by atoms with Crippen LogP contribution in [0.15, 0.2) is 47.4 Å². The minimum Gasteiger partial charge on any atom is -0.494 e. The van der Waals surface area contributed by atoms with Crippen molar-refractivity contribution in [3.8, 4) is 28.8 Å². The maximum atomic E-state index is 12.4. The largest absolute Gasteiger partial charge is 0.494 e. The van der Waals surface area contributed by atoms with Crippen LogP contribution in [0.5, 0.6) is 17.6 Å². The van der Waals surface area contributed by atoms with Gasteiger partial charge >= 0.3 is 16.2 Å². The maximum Gasteiger partial charge on any atom is 0.343 e. The first kappa shape index (κ1) is 22.7. The van der Waals surface area contributed by atoms with Gasteiger partial charge in [0.2, 0.25) is 5.88 Å². The highest BCUT2D eigenvalue weighted by molar-refractivity contribution is 7.91. The average molecular weight is 491 g/mol. The summed E-state index contributed by atoms with van der Waals surface area (Å²) in [4.78, 5) is 16.3. The molecule has 1 aliphatic rings. The summed E-state index contributed by atoms with van der Waals surface area (Å²) in [7, 11) is -2.47. The summed E-state index contributed by atoms with van der Waals surface area (Å²) in [5, 5.41) is 0.522. The molecular weight excluding hydrogens is 472 g/mol. The van der Waals surface area contributed by atoms with Crippen LogP contribution < -0.4 is 18.9 Å². The van der Waals surface area contributed by atoms with Crippen LogP contribution in [0.4, 0.5) is 5.82 Å². The Labute approximate surface area is 195 Å². The van der Waals surface area contributed by atoms with Crippen molar-refractivity contribution in [2.75, 3.05) is 25.0 Å². The lowest BCUT2D eigenvalue weighted by molar-refractivity contribution is 0.201. The van der Waals surface area contributed by atoms with Gasteiger partial charge in [0.15, 0.2) is 11.6 Å². The first-order valence-electron chi connectivity index (χ1n) is 9.76. The van der Waals surface area contributed by atoms with E-state index in [9.17, 15) is 8.42 Å². The zero-order valence-electron chi connectivity index (χ0n) is 17.4. The van der Waals surface area contributed by atoms with Gasteiger partial charge in [-0.1, -0.05) is 23.7 Å². The fourth-order valence-corrected chi connectivity index (χ4v) is 3.74. The van der Waals surface area contributed by atoms with E-state index in [4.69, 9.17) is 25.8 Å². The van der Waals surface area contributed by atoms with E-state index >= 15 is 0 Å². The summed E-state index contributed by atoms with van der Waals surface area (Å²) >= 11 is 6.00. The maximum absolute atomic E-state index is 12.4. The molecule has 0 spiro atoms. The third-order valence-corrected chi connectivity index (χ3v) is 5.49. The number of rotatable bonds is 10. The molecule has 172 valence electrons. The highest BCUT2D eigenvalue weighted by Crippen LogP contribution is 2.35. The highest BCUT2D eigenvalue weighted by Gasteiger charge is 2.22. The number of benzene rings is 1. The molecule has 2 heterocycles. The van der Waals surface area contributed by atoms with Crippen molar-refractivity contribution in [1.29, 1.82) is 0 Å². The van der Waals surface area contributed by atoms with Crippen LogP contribution in [0, 0.1) is 0 Å². The molecule has 0 radical (unpaired) electrons. The first-order chi connectivity index (χ1) is 15.9. The van der Waals surface area contributed by atoms with Gasteiger partial charge in [0, 0.05) is 10.7 Å². The Kier molecular flexibility index (Phi) is 6.84. The van der Waals surface area contributed by atoms with Crippen LogP contribution in [0.1, 0.15) is 12.8 Å². The molecule has 11 nitrogen and oxygen atoms in total.